The lowest BCUT2D eigenvalue weighted by Gasteiger charge is -2.05. The Morgan fingerprint density at radius 1 is 1.38 bits per heavy atom. The molecule has 0 fully saturated rings. The summed E-state index contributed by atoms with van der Waals surface area (Å²) in [6.07, 6.45) is 6.00. The van der Waals surface area contributed by atoms with Crippen molar-refractivity contribution in [1.29, 1.82) is 0 Å². The molecule has 3 N–H and O–H groups in total. The van der Waals surface area contributed by atoms with E-state index in [-0.39, 0.29) is 5.95 Å². The summed E-state index contributed by atoms with van der Waals surface area (Å²) in [5.74, 6) is 1.14. The molecule has 2 rings (SSSR count). The molecular formula is C9H13N7. The zero-order valence-corrected chi connectivity index (χ0v) is 8.96. The number of hydrogen-bond donors (Lipinski definition) is 2. The molecule has 7 heteroatoms. The summed E-state index contributed by atoms with van der Waals surface area (Å²) in [6.45, 7) is 2.86. The van der Waals surface area contributed by atoms with Gasteiger partial charge in [-0.3, -0.25) is 4.57 Å². The van der Waals surface area contributed by atoms with E-state index in [2.05, 4.69) is 32.2 Å². The van der Waals surface area contributed by atoms with Gasteiger partial charge in [-0.15, -0.1) is 0 Å². The largest absolute Gasteiger partial charge is 0.368 e. The molecule has 0 saturated carbocycles. The van der Waals surface area contributed by atoms with Crippen LogP contribution in [-0.4, -0.2) is 31.0 Å². The van der Waals surface area contributed by atoms with Crippen LogP contribution in [0.15, 0.2) is 18.7 Å². The highest BCUT2D eigenvalue weighted by Crippen LogP contribution is 2.06. The van der Waals surface area contributed by atoms with Crippen LogP contribution in [0.3, 0.4) is 0 Å². The van der Waals surface area contributed by atoms with Crippen molar-refractivity contribution in [2.24, 2.45) is 0 Å². The summed E-state index contributed by atoms with van der Waals surface area (Å²) in [4.78, 5) is 16.2. The van der Waals surface area contributed by atoms with Gasteiger partial charge >= 0.3 is 0 Å². The van der Waals surface area contributed by atoms with E-state index in [0.29, 0.717) is 11.9 Å². The zero-order valence-electron chi connectivity index (χ0n) is 8.96. The van der Waals surface area contributed by atoms with Crippen LogP contribution in [-0.2, 0) is 0 Å². The molecule has 16 heavy (non-hydrogen) atoms. The molecule has 0 aliphatic carbocycles. The van der Waals surface area contributed by atoms with E-state index < -0.39 is 0 Å². The summed E-state index contributed by atoms with van der Waals surface area (Å²) in [5.41, 5.74) is 5.60. The molecular weight excluding hydrogens is 206 g/mol. The van der Waals surface area contributed by atoms with Crippen LogP contribution in [0.1, 0.15) is 13.3 Å². The highest BCUT2D eigenvalue weighted by Gasteiger charge is 2.04. The Hall–Kier alpha value is -2.18. The maximum absolute atomic E-state index is 5.60. The van der Waals surface area contributed by atoms with Gasteiger partial charge in [0.05, 0.1) is 0 Å². The van der Waals surface area contributed by atoms with Gasteiger partial charge in [-0.05, 0) is 6.42 Å². The Kier molecular flexibility index (Phi) is 2.95. The number of nitrogens with zero attached hydrogens (tertiary/aromatic N) is 5. The van der Waals surface area contributed by atoms with Gasteiger partial charge in [0.2, 0.25) is 17.8 Å². The summed E-state index contributed by atoms with van der Waals surface area (Å²) in [5, 5.41) is 3.06. The van der Waals surface area contributed by atoms with Gasteiger partial charge in [-0.1, -0.05) is 6.92 Å². The van der Waals surface area contributed by atoms with Gasteiger partial charge in [0.15, 0.2) is 0 Å². The smallest absolute Gasteiger partial charge is 0.241 e. The number of aromatic nitrogens is 5. The molecule has 0 saturated heterocycles. The number of nitrogens with two attached hydrogens (primary N) is 1. The number of nitrogens with one attached hydrogen (secondary N) is 1. The Morgan fingerprint density at radius 3 is 2.94 bits per heavy atom. The van der Waals surface area contributed by atoms with Crippen LogP contribution in [0.2, 0.25) is 0 Å². The van der Waals surface area contributed by atoms with Gasteiger partial charge in [-0.2, -0.15) is 15.0 Å². The van der Waals surface area contributed by atoms with Crippen molar-refractivity contribution in [3.8, 4) is 5.95 Å². The zero-order chi connectivity index (χ0) is 11.4. The summed E-state index contributed by atoms with van der Waals surface area (Å²) < 4.78 is 1.68. The van der Waals surface area contributed by atoms with Crippen molar-refractivity contribution >= 4 is 11.9 Å². The predicted octanol–water partition coefficient (Wildman–Crippen LogP) is 0.461. The van der Waals surface area contributed by atoms with Crippen molar-refractivity contribution in [3.63, 3.8) is 0 Å². The van der Waals surface area contributed by atoms with Crippen LogP contribution in [0.4, 0.5) is 11.9 Å². The number of rotatable bonds is 4. The first-order chi connectivity index (χ1) is 7.79. The van der Waals surface area contributed by atoms with Crippen molar-refractivity contribution in [2.45, 2.75) is 13.3 Å². The normalized spacial score (nSPS) is 10.3. The van der Waals surface area contributed by atoms with Gasteiger partial charge in [0.1, 0.15) is 6.33 Å². The first-order valence-corrected chi connectivity index (χ1v) is 5.03. The highest BCUT2D eigenvalue weighted by atomic mass is 15.3. The fraction of sp³-hybridized carbons (Fsp3) is 0.333. The standard InChI is InChI=1S/C9H13N7/c1-2-3-12-8-13-7(10)14-9(15-8)16-5-4-11-6-16/h4-6H,2-3H2,1H3,(H3,10,12,13,14,15). The lowest BCUT2D eigenvalue weighted by Crippen LogP contribution is -2.10. The fourth-order valence-electron chi connectivity index (χ4n) is 1.19. The van der Waals surface area contributed by atoms with Gasteiger partial charge in [0, 0.05) is 18.9 Å². The Morgan fingerprint density at radius 2 is 2.25 bits per heavy atom. The second-order valence-corrected chi connectivity index (χ2v) is 3.21. The molecule has 7 nitrogen and oxygen atoms in total. The number of nitrogen functional groups attached to an aromatic ring is 1. The molecule has 2 aromatic rings. The maximum Gasteiger partial charge on any atom is 0.241 e. The van der Waals surface area contributed by atoms with Crippen molar-refractivity contribution < 1.29 is 0 Å². The van der Waals surface area contributed by atoms with Crippen molar-refractivity contribution in [1.82, 2.24) is 24.5 Å². The van der Waals surface area contributed by atoms with E-state index in [1.165, 1.54) is 0 Å². The number of imidazole rings is 1. The second kappa shape index (κ2) is 4.56. The van der Waals surface area contributed by atoms with Crippen LogP contribution < -0.4 is 11.1 Å². The molecule has 0 spiro atoms. The van der Waals surface area contributed by atoms with Crippen LogP contribution in [0, 0.1) is 0 Å². The van der Waals surface area contributed by atoms with Crippen molar-refractivity contribution in [2.75, 3.05) is 17.6 Å². The average Bonchev–Trinajstić information content (AvgIpc) is 2.79. The molecule has 2 heterocycles. The molecule has 0 bridgehead atoms. The minimum absolute atomic E-state index is 0.192. The molecule has 2 aromatic heterocycles. The fourth-order valence-corrected chi connectivity index (χ4v) is 1.19. The summed E-state index contributed by atoms with van der Waals surface area (Å²) >= 11 is 0. The summed E-state index contributed by atoms with van der Waals surface area (Å²) in [6, 6.07) is 0. The van der Waals surface area contributed by atoms with Crippen LogP contribution in [0.25, 0.3) is 5.95 Å². The Bertz CT molecular complexity index is 451. The van der Waals surface area contributed by atoms with Crippen LogP contribution >= 0.6 is 0 Å². The molecule has 0 aromatic carbocycles. The number of anilines is 2. The molecule has 0 aliphatic rings. The lowest BCUT2D eigenvalue weighted by molar-refractivity contribution is 0.885. The molecule has 0 radical (unpaired) electrons. The second-order valence-electron chi connectivity index (χ2n) is 3.21. The molecule has 0 unspecified atom stereocenters. The molecule has 0 atom stereocenters. The Labute approximate surface area is 92.8 Å². The van der Waals surface area contributed by atoms with Crippen LogP contribution in [0.5, 0.6) is 0 Å². The Balaban J connectivity index is 2.29. The minimum Gasteiger partial charge on any atom is -0.368 e. The summed E-state index contributed by atoms with van der Waals surface area (Å²) in [7, 11) is 0. The molecule has 84 valence electrons. The van der Waals surface area contributed by atoms with Gasteiger partial charge in [-0.25, -0.2) is 4.98 Å². The lowest BCUT2D eigenvalue weighted by atomic mass is 10.5. The quantitative estimate of drug-likeness (QED) is 0.775. The van der Waals surface area contributed by atoms with E-state index >= 15 is 0 Å². The van der Waals surface area contributed by atoms with E-state index in [1.54, 1.807) is 23.3 Å². The third-order valence-corrected chi connectivity index (χ3v) is 1.91. The molecule has 0 aliphatic heterocycles. The average molecular weight is 219 g/mol. The van der Waals surface area contributed by atoms with Crippen molar-refractivity contribution in [3.05, 3.63) is 18.7 Å². The first kappa shape index (κ1) is 10.3. The first-order valence-electron chi connectivity index (χ1n) is 5.03. The topological polar surface area (TPSA) is 94.5 Å². The number of hydrogen-bond acceptors (Lipinski definition) is 6. The third kappa shape index (κ3) is 2.25. The van der Waals surface area contributed by atoms with E-state index in [0.717, 1.165) is 13.0 Å². The molecule has 0 amide bonds. The minimum atomic E-state index is 0.192. The predicted molar refractivity (Wildman–Crippen MR) is 60.1 cm³/mol. The SMILES string of the molecule is CCCNc1nc(N)nc(-n2ccnc2)n1. The van der Waals surface area contributed by atoms with E-state index in [4.69, 9.17) is 5.73 Å². The van der Waals surface area contributed by atoms with Gasteiger partial charge in [0.25, 0.3) is 0 Å². The van der Waals surface area contributed by atoms with Gasteiger partial charge < -0.3 is 11.1 Å². The monoisotopic (exact) mass is 219 g/mol. The van der Waals surface area contributed by atoms with E-state index in [1.807, 2.05) is 0 Å². The van der Waals surface area contributed by atoms with E-state index in [9.17, 15) is 0 Å². The third-order valence-electron chi connectivity index (χ3n) is 1.91. The highest BCUT2D eigenvalue weighted by molar-refractivity contribution is 5.34. The maximum atomic E-state index is 5.60.